The van der Waals surface area contributed by atoms with Gasteiger partial charge in [-0.25, -0.2) is 0 Å². The van der Waals surface area contributed by atoms with Crippen molar-refractivity contribution in [3.05, 3.63) is 100 Å². The van der Waals surface area contributed by atoms with E-state index in [4.69, 9.17) is 11.6 Å². The molecule has 1 atom stereocenters. The molecule has 134 valence electrons. The number of rotatable bonds is 4. The fourth-order valence-corrected chi connectivity index (χ4v) is 3.77. The highest BCUT2D eigenvalue weighted by atomic mass is 35.5. The zero-order valence-electron chi connectivity index (χ0n) is 14.8. The van der Waals surface area contributed by atoms with Crippen LogP contribution in [0.25, 0.3) is 0 Å². The van der Waals surface area contributed by atoms with Crippen LogP contribution >= 0.6 is 11.6 Å². The first-order chi connectivity index (χ1) is 13.0. The van der Waals surface area contributed by atoms with E-state index in [0.29, 0.717) is 22.6 Å². The average Bonchev–Trinajstić information content (AvgIpc) is 2.92. The normalized spacial score (nSPS) is 18.1. The predicted molar refractivity (Wildman–Crippen MR) is 107 cm³/mol. The lowest BCUT2D eigenvalue weighted by molar-refractivity contribution is -0.120. The molecule has 0 bridgehead atoms. The van der Waals surface area contributed by atoms with E-state index >= 15 is 0 Å². The van der Waals surface area contributed by atoms with Crippen LogP contribution in [0, 0.1) is 0 Å². The molecule has 1 aliphatic rings. The Balaban J connectivity index is 1.59. The van der Waals surface area contributed by atoms with Gasteiger partial charge in [0.1, 0.15) is 0 Å². The highest BCUT2D eigenvalue weighted by Crippen LogP contribution is 2.41. The molecule has 1 N–H and O–H groups in total. The molecule has 1 aliphatic heterocycles. The van der Waals surface area contributed by atoms with Crippen molar-refractivity contribution in [2.24, 2.45) is 0 Å². The molecule has 0 saturated carbocycles. The number of amides is 1. The fourth-order valence-electron chi connectivity index (χ4n) is 3.60. The van der Waals surface area contributed by atoms with Gasteiger partial charge in [-0.15, -0.1) is 0 Å². The summed E-state index contributed by atoms with van der Waals surface area (Å²) < 4.78 is 0. The molecule has 0 aromatic heterocycles. The topological polar surface area (TPSA) is 46.2 Å². The Morgan fingerprint density at radius 3 is 2.33 bits per heavy atom. The van der Waals surface area contributed by atoms with E-state index in [2.05, 4.69) is 5.32 Å². The van der Waals surface area contributed by atoms with Crippen molar-refractivity contribution in [2.45, 2.75) is 18.8 Å². The van der Waals surface area contributed by atoms with Crippen molar-refractivity contribution >= 4 is 29.0 Å². The first kappa shape index (κ1) is 17.5. The number of halogens is 1. The minimum absolute atomic E-state index is 0.00745. The van der Waals surface area contributed by atoms with Crippen molar-refractivity contribution in [1.82, 2.24) is 0 Å². The average molecular weight is 376 g/mol. The minimum atomic E-state index is -0.662. The Morgan fingerprint density at radius 2 is 1.63 bits per heavy atom. The maximum absolute atomic E-state index is 12.6. The second-order valence-electron chi connectivity index (χ2n) is 7.04. The quantitative estimate of drug-likeness (QED) is 0.650. The molecule has 3 nitrogen and oxygen atoms in total. The van der Waals surface area contributed by atoms with Crippen LogP contribution in [-0.2, 0) is 16.6 Å². The molecule has 1 unspecified atom stereocenters. The van der Waals surface area contributed by atoms with Crippen molar-refractivity contribution in [2.75, 3.05) is 5.32 Å². The highest BCUT2D eigenvalue weighted by molar-refractivity contribution is 6.31. The zero-order valence-corrected chi connectivity index (χ0v) is 15.6. The fraction of sp³-hybridized carbons (Fsp3) is 0.130. The molecule has 0 radical (unpaired) electrons. The summed E-state index contributed by atoms with van der Waals surface area (Å²) in [7, 11) is 0. The van der Waals surface area contributed by atoms with Crippen LogP contribution in [0.4, 0.5) is 5.69 Å². The Kier molecular flexibility index (Phi) is 4.33. The smallest absolute Gasteiger partial charge is 0.235 e. The van der Waals surface area contributed by atoms with Crippen LogP contribution in [0.15, 0.2) is 72.8 Å². The van der Waals surface area contributed by atoms with Gasteiger partial charge in [0, 0.05) is 21.8 Å². The van der Waals surface area contributed by atoms with Gasteiger partial charge in [0.2, 0.25) is 5.91 Å². The van der Waals surface area contributed by atoms with E-state index in [1.807, 2.05) is 67.6 Å². The largest absolute Gasteiger partial charge is 0.325 e. The van der Waals surface area contributed by atoms with E-state index in [9.17, 15) is 9.59 Å². The lowest BCUT2D eigenvalue weighted by Gasteiger charge is -2.22. The molecule has 27 heavy (non-hydrogen) atoms. The number of benzene rings is 3. The van der Waals surface area contributed by atoms with Gasteiger partial charge in [-0.2, -0.15) is 0 Å². The highest BCUT2D eigenvalue weighted by Gasteiger charge is 2.42. The third-order valence-corrected chi connectivity index (χ3v) is 5.37. The summed E-state index contributed by atoms with van der Waals surface area (Å²) in [5.74, 6) is -0.0452. The Morgan fingerprint density at radius 1 is 0.963 bits per heavy atom. The molecule has 4 rings (SSSR count). The van der Waals surface area contributed by atoms with Crippen molar-refractivity contribution in [3.8, 4) is 0 Å². The number of nitrogens with one attached hydrogen (secondary N) is 1. The van der Waals surface area contributed by atoms with E-state index in [0.717, 1.165) is 16.8 Å². The zero-order chi connectivity index (χ0) is 19.0. The van der Waals surface area contributed by atoms with Crippen LogP contribution < -0.4 is 5.32 Å². The van der Waals surface area contributed by atoms with Gasteiger partial charge >= 0.3 is 0 Å². The SMILES string of the molecule is CC1(Cc2ccc(C(=O)c3ccccc3)cc2)C(=O)Nc2cc(Cl)ccc21. The number of hydrogen-bond donors (Lipinski definition) is 1. The number of carbonyl (C=O) groups excluding carboxylic acids is 2. The van der Waals surface area contributed by atoms with Crippen molar-refractivity contribution < 1.29 is 9.59 Å². The maximum Gasteiger partial charge on any atom is 0.235 e. The van der Waals surface area contributed by atoms with Crippen LogP contribution in [0.2, 0.25) is 5.02 Å². The summed E-state index contributed by atoms with van der Waals surface area (Å²) in [6.07, 6.45) is 0.549. The second kappa shape index (κ2) is 6.67. The third-order valence-electron chi connectivity index (χ3n) is 5.14. The Bertz CT molecular complexity index is 1030. The number of ketones is 1. The molecule has 3 aromatic carbocycles. The number of anilines is 1. The van der Waals surface area contributed by atoms with Gasteiger partial charge in [-0.1, -0.05) is 72.3 Å². The third kappa shape index (κ3) is 3.15. The first-order valence-corrected chi connectivity index (χ1v) is 9.15. The van der Waals surface area contributed by atoms with Gasteiger partial charge in [-0.3, -0.25) is 9.59 Å². The van der Waals surface area contributed by atoms with Crippen molar-refractivity contribution in [3.63, 3.8) is 0 Å². The van der Waals surface area contributed by atoms with E-state index < -0.39 is 5.41 Å². The van der Waals surface area contributed by atoms with E-state index in [1.54, 1.807) is 12.1 Å². The standard InChI is InChI=1S/C23H18ClNO2/c1-23(19-12-11-18(24)13-20(19)25-22(23)27)14-15-7-9-17(10-8-15)21(26)16-5-3-2-4-6-16/h2-13H,14H2,1H3,(H,25,27). The summed E-state index contributed by atoms with van der Waals surface area (Å²) in [6.45, 7) is 1.94. The summed E-state index contributed by atoms with van der Waals surface area (Å²) >= 11 is 6.04. The summed E-state index contributed by atoms with van der Waals surface area (Å²) in [6, 6.07) is 22.2. The lowest BCUT2D eigenvalue weighted by Crippen LogP contribution is -2.33. The minimum Gasteiger partial charge on any atom is -0.325 e. The van der Waals surface area contributed by atoms with E-state index in [1.165, 1.54) is 0 Å². The summed E-state index contributed by atoms with van der Waals surface area (Å²) in [5.41, 5.74) is 3.36. The molecule has 0 spiro atoms. The number of carbonyl (C=O) groups is 2. The van der Waals surface area contributed by atoms with Gasteiger partial charge in [0.15, 0.2) is 5.78 Å². The molecular formula is C23H18ClNO2. The molecule has 0 saturated heterocycles. The van der Waals surface area contributed by atoms with Crippen LogP contribution in [0.5, 0.6) is 0 Å². The van der Waals surface area contributed by atoms with Crippen LogP contribution in [0.1, 0.15) is 34.0 Å². The molecule has 0 aliphatic carbocycles. The Hall–Kier alpha value is -2.91. The van der Waals surface area contributed by atoms with Crippen LogP contribution in [-0.4, -0.2) is 11.7 Å². The monoisotopic (exact) mass is 375 g/mol. The lowest BCUT2D eigenvalue weighted by atomic mass is 9.78. The van der Waals surface area contributed by atoms with Crippen LogP contribution in [0.3, 0.4) is 0 Å². The van der Waals surface area contributed by atoms with Gasteiger partial charge in [0.25, 0.3) is 0 Å². The van der Waals surface area contributed by atoms with Gasteiger partial charge < -0.3 is 5.32 Å². The maximum atomic E-state index is 12.6. The van der Waals surface area contributed by atoms with Gasteiger partial charge in [-0.05, 0) is 36.6 Å². The summed E-state index contributed by atoms with van der Waals surface area (Å²) in [5, 5.41) is 3.52. The molecule has 1 heterocycles. The molecule has 4 heteroatoms. The second-order valence-corrected chi connectivity index (χ2v) is 7.48. The molecule has 3 aromatic rings. The van der Waals surface area contributed by atoms with Gasteiger partial charge in [0.05, 0.1) is 5.41 Å². The molecular weight excluding hydrogens is 358 g/mol. The number of hydrogen-bond acceptors (Lipinski definition) is 2. The van der Waals surface area contributed by atoms with E-state index in [-0.39, 0.29) is 11.7 Å². The summed E-state index contributed by atoms with van der Waals surface area (Å²) in [4.78, 5) is 25.2. The predicted octanol–water partition coefficient (Wildman–Crippen LogP) is 5.02. The first-order valence-electron chi connectivity index (χ1n) is 8.77. The molecule has 0 fully saturated rings. The van der Waals surface area contributed by atoms with Crippen molar-refractivity contribution in [1.29, 1.82) is 0 Å². The Labute approximate surface area is 163 Å². The number of fused-ring (bicyclic) bond motifs is 1. The molecule has 1 amide bonds.